The van der Waals surface area contributed by atoms with E-state index < -0.39 is 50.4 Å². The second-order valence-electron chi connectivity index (χ2n) is 9.08. The molecular weight excluding hydrogens is 486 g/mol. The number of Topliss-reactive ketones (excluding diaryl/α,β-unsaturated/α-hetero) is 2. The van der Waals surface area contributed by atoms with E-state index in [1.54, 1.807) is 0 Å². The second kappa shape index (κ2) is 8.65. The van der Waals surface area contributed by atoms with Crippen LogP contribution in [-0.4, -0.2) is 68.8 Å². The second-order valence-corrected chi connectivity index (χ2v) is 11.6. The van der Waals surface area contributed by atoms with E-state index in [0.717, 1.165) is 4.31 Å². The average Bonchev–Trinajstić information content (AvgIpc) is 3.18. The quantitative estimate of drug-likeness (QED) is 0.358. The maximum Gasteiger partial charge on any atom is 0.247 e. The molecule has 2 heterocycles. The van der Waals surface area contributed by atoms with Gasteiger partial charge >= 0.3 is 0 Å². The van der Waals surface area contributed by atoms with E-state index in [4.69, 9.17) is 20.8 Å². The number of nitrogens with one attached hydrogen (secondary N) is 2. The fourth-order valence-electron chi connectivity index (χ4n) is 4.10. The number of rotatable bonds is 8. The van der Waals surface area contributed by atoms with Crippen LogP contribution in [-0.2, 0) is 24.3 Å². The Balaban J connectivity index is 1.63. The summed E-state index contributed by atoms with van der Waals surface area (Å²) in [5.74, 6) is -0.623. The number of furan rings is 1. The van der Waals surface area contributed by atoms with Gasteiger partial charge in [-0.05, 0) is 31.2 Å². The van der Waals surface area contributed by atoms with Gasteiger partial charge in [-0.25, -0.2) is 12.7 Å². The van der Waals surface area contributed by atoms with Crippen molar-refractivity contribution in [2.75, 3.05) is 32.6 Å². The van der Waals surface area contributed by atoms with E-state index in [-0.39, 0.29) is 16.1 Å². The van der Waals surface area contributed by atoms with Gasteiger partial charge in [-0.3, -0.25) is 14.9 Å². The van der Waals surface area contributed by atoms with Gasteiger partial charge in [0.25, 0.3) is 0 Å². The van der Waals surface area contributed by atoms with E-state index in [2.05, 4.69) is 10.6 Å². The van der Waals surface area contributed by atoms with E-state index >= 15 is 0 Å². The first-order chi connectivity index (χ1) is 15.9. The number of hydrogen-bond donors (Lipinski definition) is 3. The zero-order valence-electron chi connectivity index (χ0n) is 19.1. The van der Waals surface area contributed by atoms with Gasteiger partial charge in [-0.15, -0.1) is 0 Å². The summed E-state index contributed by atoms with van der Waals surface area (Å²) in [6, 6.07) is 3.91. The van der Waals surface area contributed by atoms with Crippen molar-refractivity contribution < 1.29 is 32.3 Å². The number of ether oxygens (including phenoxy) is 1. The van der Waals surface area contributed by atoms with E-state index in [0.29, 0.717) is 24.7 Å². The number of nitrogens with zero attached hydrogens (tertiary/aromatic N) is 1. The first-order valence-electron chi connectivity index (χ1n) is 10.6. The van der Waals surface area contributed by atoms with Crippen LogP contribution >= 0.6 is 11.6 Å². The molecule has 0 radical (unpaired) electrons. The van der Waals surface area contributed by atoms with Gasteiger partial charge in [0.2, 0.25) is 21.6 Å². The number of benzene rings is 1. The Hall–Kier alpha value is -2.44. The Morgan fingerprint density at radius 1 is 1.15 bits per heavy atom. The largest absolute Gasteiger partial charge is 0.504 e. The van der Waals surface area contributed by atoms with Crippen LogP contribution in [0.2, 0.25) is 5.02 Å². The maximum atomic E-state index is 12.6. The highest BCUT2D eigenvalue weighted by atomic mass is 35.5. The Kier molecular flexibility index (Phi) is 6.28. The van der Waals surface area contributed by atoms with Crippen molar-refractivity contribution in [1.82, 2.24) is 9.62 Å². The molecule has 1 saturated carbocycles. The molecule has 1 aromatic heterocycles. The molecule has 1 aliphatic heterocycles. The Labute approximate surface area is 202 Å². The van der Waals surface area contributed by atoms with E-state index in [1.807, 2.05) is 26.0 Å². The number of ketones is 2. The molecule has 3 N–H and O–H groups in total. The standard InChI is InChI=1S/C22H26ClN3O7S/c1-11-5-8-14(33-11)21(22(2)9-32-10-22)25-16-15(18(28)19(16)29)24-13-7-6-12(23)20(17(13)27)34(30,31)26(3)4/h5-8,15-16,21,24-25,27H,9-10H2,1-4H3. The van der Waals surface area contributed by atoms with Crippen LogP contribution in [0.5, 0.6) is 5.75 Å². The van der Waals surface area contributed by atoms with Crippen molar-refractivity contribution in [3.8, 4) is 5.75 Å². The van der Waals surface area contributed by atoms with Gasteiger partial charge in [0, 0.05) is 19.5 Å². The highest BCUT2D eigenvalue weighted by Gasteiger charge is 2.53. The molecule has 2 fully saturated rings. The highest BCUT2D eigenvalue weighted by molar-refractivity contribution is 7.89. The summed E-state index contributed by atoms with van der Waals surface area (Å²) in [5.41, 5.74) is -0.394. The molecule has 2 aliphatic rings. The molecule has 3 atom stereocenters. The van der Waals surface area contributed by atoms with Crippen LogP contribution in [0, 0.1) is 12.3 Å². The summed E-state index contributed by atoms with van der Waals surface area (Å²) in [7, 11) is -1.46. The molecule has 2 aromatic rings. The third kappa shape index (κ3) is 4.01. The van der Waals surface area contributed by atoms with E-state index in [9.17, 15) is 23.1 Å². The molecule has 1 aromatic carbocycles. The summed E-state index contributed by atoms with van der Waals surface area (Å²) in [6.07, 6.45) is 0. The third-order valence-electron chi connectivity index (χ3n) is 6.23. The Morgan fingerprint density at radius 3 is 2.32 bits per heavy atom. The first kappa shape index (κ1) is 24.7. The predicted octanol–water partition coefficient (Wildman–Crippen LogP) is 1.87. The third-order valence-corrected chi connectivity index (χ3v) is 8.54. The normalized spacial score (nSPS) is 22.9. The molecule has 184 valence electrons. The number of phenolic OH excluding ortho intramolecular Hbond substituents is 1. The van der Waals surface area contributed by atoms with Crippen molar-refractivity contribution >= 4 is 38.9 Å². The van der Waals surface area contributed by atoms with Gasteiger partial charge in [-0.2, -0.15) is 0 Å². The Morgan fingerprint density at radius 2 is 1.79 bits per heavy atom. The number of halogens is 1. The zero-order chi connectivity index (χ0) is 25.0. The lowest BCUT2D eigenvalue weighted by Gasteiger charge is -2.47. The zero-order valence-corrected chi connectivity index (χ0v) is 20.7. The average molecular weight is 512 g/mol. The first-order valence-corrected chi connectivity index (χ1v) is 12.4. The van der Waals surface area contributed by atoms with Crippen LogP contribution in [0.1, 0.15) is 24.5 Å². The van der Waals surface area contributed by atoms with Gasteiger partial charge < -0.3 is 19.6 Å². The molecule has 3 unspecified atom stereocenters. The van der Waals surface area contributed by atoms with Crippen molar-refractivity contribution in [1.29, 1.82) is 0 Å². The van der Waals surface area contributed by atoms with Crippen LogP contribution in [0.15, 0.2) is 33.6 Å². The Bertz CT molecular complexity index is 1250. The lowest BCUT2D eigenvalue weighted by Crippen LogP contribution is -2.69. The maximum absolute atomic E-state index is 12.6. The summed E-state index contributed by atoms with van der Waals surface area (Å²) in [5, 5.41) is 16.6. The number of hydrogen-bond acceptors (Lipinski definition) is 9. The van der Waals surface area contributed by atoms with Gasteiger partial charge in [0.15, 0.2) is 5.75 Å². The molecule has 1 aliphatic carbocycles. The van der Waals surface area contributed by atoms with Crippen molar-refractivity contribution in [2.24, 2.45) is 5.41 Å². The van der Waals surface area contributed by atoms with Crippen LogP contribution < -0.4 is 10.6 Å². The number of aromatic hydroxyl groups is 1. The topological polar surface area (TPSA) is 138 Å². The minimum absolute atomic E-state index is 0.0361. The molecule has 4 rings (SSSR count). The summed E-state index contributed by atoms with van der Waals surface area (Å²) in [6.45, 7) is 4.69. The molecular formula is C22H26ClN3O7S. The van der Waals surface area contributed by atoms with Crippen LogP contribution in [0.4, 0.5) is 5.69 Å². The molecule has 0 bridgehead atoms. The number of phenols is 1. The lowest BCUT2D eigenvalue weighted by atomic mass is 9.76. The minimum atomic E-state index is -4.07. The fourth-order valence-corrected chi connectivity index (χ4v) is 5.58. The van der Waals surface area contributed by atoms with E-state index in [1.165, 1.54) is 26.2 Å². The predicted molar refractivity (Wildman–Crippen MR) is 123 cm³/mol. The van der Waals surface area contributed by atoms with Crippen molar-refractivity contribution in [3.63, 3.8) is 0 Å². The molecule has 0 amide bonds. The molecule has 12 heteroatoms. The lowest BCUT2D eigenvalue weighted by molar-refractivity contribution is -0.150. The van der Waals surface area contributed by atoms with Crippen molar-refractivity contribution in [2.45, 2.75) is 36.9 Å². The molecule has 1 saturated heterocycles. The minimum Gasteiger partial charge on any atom is -0.504 e. The van der Waals surface area contributed by atoms with Gasteiger partial charge in [-0.1, -0.05) is 18.5 Å². The molecule has 0 spiro atoms. The SMILES string of the molecule is Cc1ccc(C(NC2C(=O)C(=O)C2Nc2ccc(Cl)c(S(=O)(=O)N(C)C)c2O)C2(C)COC2)o1. The number of anilines is 1. The van der Waals surface area contributed by atoms with Crippen LogP contribution in [0.3, 0.4) is 0 Å². The summed E-state index contributed by atoms with van der Waals surface area (Å²) in [4.78, 5) is 24.5. The fraction of sp³-hybridized carbons (Fsp3) is 0.455. The number of aryl methyl sites for hydroxylation is 1. The monoisotopic (exact) mass is 511 g/mol. The number of carbonyl (C=O) groups excluding carboxylic acids is 2. The summed E-state index contributed by atoms with van der Waals surface area (Å²) >= 11 is 6.06. The molecule has 34 heavy (non-hydrogen) atoms. The smallest absolute Gasteiger partial charge is 0.247 e. The van der Waals surface area contributed by atoms with Crippen molar-refractivity contribution in [3.05, 3.63) is 40.8 Å². The van der Waals surface area contributed by atoms with Gasteiger partial charge in [0.1, 0.15) is 28.5 Å². The molecule has 10 nitrogen and oxygen atoms in total. The highest BCUT2D eigenvalue weighted by Crippen LogP contribution is 2.43. The van der Waals surface area contributed by atoms with Crippen LogP contribution in [0.25, 0.3) is 0 Å². The summed E-state index contributed by atoms with van der Waals surface area (Å²) < 4.78 is 37.4. The number of sulfonamides is 1. The van der Waals surface area contributed by atoms with Gasteiger partial charge in [0.05, 0.1) is 30.0 Å². The number of carbonyl (C=O) groups is 2.